The van der Waals surface area contributed by atoms with E-state index in [-0.39, 0.29) is 0 Å². The van der Waals surface area contributed by atoms with Crippen LogP contribution in [-0.2, 0) is 0 Å². The minimum Gasteiger partial charge on any atom is -0.382 e. The van der Waals surface area contributed by atoms with Crippen LogP contribution in [0.1, 0.15) is 40.0 Å². The van der Waals surface area contributed by atoms with Gasteiger partial charge in [0.15, 0.2) is 0 Å². The Morgan fingerprint density at radius 1 is 1.16 bits per heavy atom. The first-order valence-corrected chi connectivity index (χ1v) is 7.34. The molecule has 0 fully saturated rings. The second-order valence-corrected chi connectivity index (χ2v) is 5.41. The Balaban J connectivity index is 2.10. The number of hydrogen-bond acceptors (Lipinski definition) is 2. The average Bonchev–Trinajstić information content (AvgIpc) is 2.46. The predicted molar refractivity (Wildman–Crippen MR) is 83.5 cm³/mol. The number of rotatable bonds is 6. The molecule has 2 nitrogen and oxygen atoms in total. The highest BCUT2D eigenvalue weighted by molar-refractivity contribution is 5.82. The third-order valence-electron chi connectivity index (χ3n) is 3.85. The smallest absolute Gasteiger partial charge is 0.0703 e. The molecule has 0 saturated heterocycles. The van der Waals surface area contributed by atoms with E-state index in [0.717, 1.165) is 17.9 Å². The van der Waals surface area contributed by atoms with Crippen molar-refractivity contribution < 1.29 is 0 Å². The number of pyridine rings is 1. The summed E-state index contributed by atoms with van der Waals surface area (Å²) < 4.78 is 0. The lowest BCUT2D eigenvalue weighted by molar-refractivity contribution is 0.462. The van der Waals surface area contributed by atoms with Crippen LogP contribution in [-0.4, -0.2) is 11.0 Å². The van der Waals surface area contributed by atoms with E-state index in [1.54, 1.807) is 0 Å². The summed E-state index contributed by atoms with van der Waals surface area (Å²) in [7, 11) is 0. The summed E-state index contributed by atoms with van der Waals surface area (Å²) in [6.07, 6.45) is 5.49. The molecule has 0 amide bonds. The maximum atomic E-state index is 4.36. The number of anilines is 1. The molecule has 2 rings (SSSR count). The largest absolute Gasteiger partial charge is 0.382 e. The van der Waals surface area contributed by atoms with E-state index in [1.165, 1.54) is 23.9 Å². The highest BCUT2D eigenvalue weighted by Gasteiger charge is 2.10. The lowest BCUT2D eigenvalue weighted by atomic mass is 9.97. The van der Waals surface area contributed by atoms with Gasteiger partial charge in [-0.3, -0.25) is 4.98 Å². The monoisotopic (exact) mass is 256 g/mol. The van der Waals surface area contributed by atoms with Crippen molar-refractivity contribution in [3.05, 3.63) is 36.5 Å². The quantitative estimate of drug-likeness (QED) is 0.798. The van der Waals surface area contributed by atoms with E-state index in [2.05, 4.69) is 55.3 Å². The molecule has 1 aromatic heterocycles. The second-order valence-electron chi connectivity index (χ2n) is 5.41. The molecule has 2 atom stereocenters. The van der Waals surface area contributed by atoms with Crippen molar-refractivity contribution in [3.63, 3.8) is 0 Å². The summed E-state index contributed by atoms with van der Waals surface area (Å²) >= 11 is 0. The Hall–Kier alpha value is -1.57. The lowest BCUT2D eigenvalue weighted by Gasteiger charge is -2.21. The van der Waals surface area contributed by atoms with Crippen LogP contribution >= 0.6 is 0 Å². The van der Waals surface area contributed by atoms with Gasteiger partial charge in [-0.25, -0.2) is 0 Å². The molecule has 1 heterocycles. The van der Waals surface area contributed by atoms with Crippen LogP contribution in [0, 0.1) is 5.92 Å². The fraction of sp³-hybridized carbons (Fsp3) is 0.471. The highest BCUT2D eigenvalue weighted by Crippen LogP contribution is 2.21. The van der Waals surface area contributed by atoms with Crippen LogP contribution < -0.4 is 5.32 Å². The van der Waals surface area contributed by atoms with Crippen LogP contribution in [0.4, 0.5) is 5.69 Å². The van der Waals surface area contributed by atoms with E-state index in [9.17, 15) is 0 Å². The zero-order valence-corrected chi connectivity index (χ0v) is 12.2. The van der Waals surface area contributed by atoms with Gasteiger partial charge in [0.1, 0.15) is 0 Å². The number of nitrogens with zero attached hydrogens (tertiary/aromatic N) is 1. The summed E-state index contributed by atoms with van der Waals surface area (Å²) in [5.41, 5.74) is 2.26. The first-order chi connectivity index (χ1) is 9.22. The number of fused-ring (bicyclic) bond motifs is 1. The summed E-state index contributed by atoms with van der Waals surface area (Å²) in [5, 5.41) is 4.86. The molecule has 2 aromatic rings. The van der Waals surface area contributed by atoms with Gasteiger partial charge in [-0.05, 0) is 43.0 Å². The molecule has 0 spiro atoms. The third-order valence-corrected chi connectivity index (χ3v) is 3.85. The molecule has 0 aliphatic heterocycles. The van der Waals surface area contributed by atoms with Crippen molar-refractivity contribution >= 4 is 16.6 Å². The van der Waals surface area contributed by atoms with Gasteiger partial charge in [-0.2, -0.15) is 0 Å². The van der Waals surface area contributed by atoms with Gasteiger partial charge < -0.3 is 5.32 Å². The Morgan fingerprint density at radius 2 is 2.00 bits per heavy atom. The molecule has 0 aliphatic carbocycles. The van der Waals surface area contributed by atoms with Gasteiger partial charge in [-0.15, -0.1) is 0 Å². The summed E-state index contributed by atoms with van der Waals surface area (Å²) in [6, 6.07) is 11.1. The molecule has 0 radical (unpaired) electrons. The summed E-state index contributed by atoms with van der Waals surface area (Å²) in [6.45, 7) is 6.84. The van der Waals surface area contributed by atoms with Crippen LogP contribution in [0.2, 0.25) is 0 Å². The Morgan fingerprint density at radius 3 is 2.74 bits per heavy atom. The molecule has 102 valence electrons. The SMILES string of the molecule is CCC(C)CC(CC)Nc1ccc2ncccc2c1. The first-order valence-electron chi connectivity index (χ1n) is 7.34. The predicted octanol–water partition coefficient (Wildman–Crippen LogP) is 4.86. The zero-order chi connectivity index (χ0) is 13.7. The second kappa shape index (κ2) is 6.55. The molecular weight excluding hydrogens is 232 g/mol. The van der Waals surface area contributed by atoms with E-state index in [0.29, 0.717) is 6.04 Å². The van der Waals surface area contributed by atoms with Crippen molar-refractivity contribution in [1.82, 2.24) is 4.98 Å². The number of aromatic nitrogens is 1. The van der Waals surface area contributed by atoms with Crippen LogP contribution in [0.15, 0.2) is 36.5 Å². The molecule has 0 aliphatic rings. The van der Waals surface area contributed by atoms with Crippen LogP contribution in [0.25, 0.3) is 10.9 Å². The molecular formula is C17H24N2. The van der Waals surface area contributed by atoms with Gasteiger partial charge in [0.05, 0.1) is 5.52 Å². The fourth-order valence-electron chi connectivity index (χ4n) is 2.38. The van der Waals surface area contributed by atoms with Gasteiger partial charge >= 0.3 is 0 Å². The van der Waals surface area contributed by atoms with E-state index in [1.807, 2.05) is 12.3 Å². The molecule has 2 heteroatoms. The topological polar surface area (TPSA) is 24.9 Å². The molecule has 0 saturated carbocycles. The maximum absolute atomic E-state index is 4.36. The summed E-state index contributed by atoms with van der Waals surface area (Å²) in [4.78, 5) is 4.36. The minimum atomic E-state index is 0.559. The van der Waals surface area contributed by atoms with Crippen LogP contribution in [0.5, 0.6) is 0 Å². The normalized spacial score (nSPS) is 14.3. The van der Waals surface area contributed by atoms with Crippen molar-refractivity contribution in [2.24, 2.45) is 5.92 Å². The Kier molecular flexibility index (Phi) is 4.78. The molecule has 2 unspecified atom stereocenters. The van der Waals surface area contributed by atoms with E-state index in [4.69, 9.17) is 0 Å². The number of benzene rings is 1. The zero-order valence-electron chi connectivity index (χ0n) is 12.2. The van der Waals surface area contributed by atoms with E-state index >= 15 is 0 Å². The minimum absolute atomic E-state index is 0.559. The first kappa shape index (κ1) is 13.9. The van der Waals surface area contributed by atoms with Gasteiger partial charge in [0.2, 0.25) is 0 Å². The molecule has 1 aromatic carbocycles. The summed E-state index contributed by atoms with van der Waals surface area (Å²) in [5.74, 6) is 0.777. The number of hydrogen-bond donors (Lipinski definition) is 1. The van der Waals surface area contributed by atoms with Crippen molar-refractivity contribution in [2.45, 2.75) is 46.1 Å². The Labute approximate surface area is 116 Å². The Bertz CT molecular complexity index is 521. The number of nitrogens with one attached hydrogen (secondary N) is 1. The van der Waals surface area contributed by atoms with Gasteiger partial charge in [-0.1, -0.05) is 33.3 Å². The standard InChI is InChI=1S/C17H24N2/c1-4-13(3)11-15(5-2)19-16-8-9-17-14(12-16)7-6-10-18-17/h6-10,12-13,15,19H,4-5,11H2,1-3H3. The van der Waals surface area contributed by atoms with E-state index < -0.39 is 0 Å². The highest BCUT2D eigenvalue weighted by atomic mass is 14.9. The molecule has 0 bridgehead atoms. The van der Waals surface area contributed by atoms with Gasteiger partial charge in [0, 0.05) is 23.3 Å². The van der Waals surface area contributed by atoms with Crippen LogP contribution in [0.3, 0.4) is 0 Å². The van der Waals surface area contributed by atoms with Gasteiger partial charge in [0.25, 0.3) is 0 Å². The third kappa shape index (κ3) is 3.69. The fourth-order valence-corrected chi connectivity index (χ4v) is 2.38. The average molecular weight is 256 g/mol. The molecule has 1 N–H and O–H groups in total. The van der Waals surface area contributed by atoms with Crippen molar-refractivity contribution in [2.75, 3.05) is 5.32 Å². The lowest BCUT2D eigenvalue weighted by Crippen LogP contribution is -2.21. The van der Waals surface area contributed by atoms with Crippen molar-refractivity contribution in [1.29, 1.82) is 0 Å². The van der Waals surface area contributed by atoms with Crippen molar-refractivity contribution in [3.8, 4) is 0 Å². The molecule has 19 heavy (non-hydrogen) atoms. The maximum Gasteiger partial charge on any atom is 0.0703 e.